The minimum atomic E-state index is -0.757. The summed E-state index contributed by atoms with van der Waals surface area (Å²) in [7, 11) is 1.48. The molecule has 0 fully saturated rings. The molecule has 0 saturated carbocycles. The molecule has 5 rings (SSSR count). The normalized spacial score (nSPS) is 10.9. The molecule has 2 aromatic carbocycles. The van der Waals surface area contributed by atoms with E-state index in [0.29, 0.717) is 34.3 Å². The molecule has 1 amide bonds. The number of aryl methyl sites for hydroxylation is 1. The first-order valence-corrected chi connectivity index (χ1v) is 11.0. The van der Waals surface area contributed by atoms with Crippen LogP contribution in [0, 0.1) is 13.8 Å². The maximum absolute atomic E-state index is 12.7. The topological polar surface area (TPSA) is 121 Å². The highest BCUT2D eigenvalue weighted by molar-refractivity contribution is 6.05. The molecule has 0 radical (unpaired) electrons. The van der Waals surface area contributed by atoms with Crippen LogP contribution in [0.4, 0.5) is 5.69 Å². The zero-order valence-corrected chi connectivity index (χ0v) is 19.7. The Morgan fingerprint density at radius 1 is 1.03 bits per heavy atom. The Balaban J connectivity index is 1.28. The summed E-state index contributed by atoms with van der Waals surface area (Å²) in [4.78, 5) is 29.4. The van der Waals surface area contributed by atoms with Gasteiger partial charge in [-0.1, -0.05) is 12.1 Å². The highest BCUT2D eigenvalue weighted by Crippen LogP contribution is 2.25. The first-order valence-electron chi connectivity index (χ1n) is 11.0. The molecular weight excluding hydrogens is 462 g/mol. The van der Waals surface area contributed by atoms with Gasteiger partial charge in [0.2, 0.25) is 5.88 Å². The van der Waals surface area contributed by atoms with Gasteiger partial charge in [0.25, 0.3) is 5.91 Å². The van der Waals surface area contributed by atoms with E-state index in [1.807, 2.05) is 18.4 Å². The van der Waals surface area contributed by atoms with E-state index in [2.05, 4.69) is 20.5 Å². The second-order valence-corrected chi connectivity index (χ2v) is 7.92. The van der Waals surface area contributed by atoms with Crippen molar-refractivity contribution in [1.82, 2.24) is 19.7 Å². The lowest BCUT2D eigenvalue weighted by Gasteiger charge is -2.09. The van der Waals surface area contributed by atoms with Gasteiger partial charge in [-0.25, -0.2) is 9.78 Å². The maximum Gasteiger partial charge on any atom is 0.349 e. The molecule has 0 spiro atoms. The number of nitrogens with zero attached hydrogens (tertiary/aromatic N) is 4. The zero-order valence-electron chi connectivity index (χ0n) is 19.7. The van der Waals surface area contributed by atoms with Crippen molar-refractivity contribution in [1.29, 1.82) is 0 Å². The Hall–Kier alpha value is -4.99. The quantitative estimate of drug-likeness (QED) is 0.352. The monoisotopic (exact) mass is 483 g/mol. The Morgan fingerprint density at radius 3 is 2.50 bits per heavy atom. The van der Waals surface area contributed by atoms with Gasteiger partial charge in [0.05, 0.1) is 12.8 Å². The van der Waals surface area contributed by atoms with Crippen LogP contribution in [0.2, 0.25) is 0 Å². The molecule has 3 heterocycles. The number of benzene rings is 2. The van der Waals surface area contributed by atoms with Crippen LogP contribution in [0.3, 0.4) is 0 Å². The van der Waals surface area contributed by atoms with Gasteiger partial charge in [-0.05, 0) is 56.3 Å². The minimum absolute atomic E-state index is 0.116. The van der Waals surface area contributed by atoms with Crippen molar-refractivity contribution in [2.24, 2.45) is 0 Å². The van der Waals surface area contributed by atoms with Gasteiger partial charge in [-0.3, -0.25) is 9.36 Å². The van der Waals surface area contributed by atoms with Crippen LogP contribution in [-0.4, -0.2) is 32.8 Å². The number of amides is 1. The second-order valence-electron chi connectivity index (χ2n) is 7.92. The predicted octanol–water partition coefficient (Wildman–Crippen LogP) is 4.44. The van der Waals surface area contributed by atoms with E-state index >= 15 is 0 Å². The number of imidazole rings is 1. The number of anilines is 1. The van der Waals surface area contributed by atoms with Crippen LogP contribution in [0.15, 0.2) is 76.2 Å². The first kappa shape index (κ1) is 22.8. The Labute approximate surface area is 205 Å². The van der Waals surface area contributed by atoms with Gasteiger partial charge in [0.1, 0.15) is 17.6 Å². The van der Waals surface area contributed by atoms with Crippen LogP contribution in [0.25, 0.3) is 16.8 Å². The molecule has 0 atom stereocenters. The molecule has 0 aliphatic carbocycles. The number of carbonyl (C=O) groups is 1. The molecule has 36 heavy (non-hydrogen) atoms. The largest absolute Gasteiger partial charge is 0.493 e. The van der Waals surface area contributed by atoms with Crippen molar-refractivity contribution < 1.29 is 18.7 Å². The third-order valence-electron chi connectivity index (χ3n) is 5.65. The summed E-state index contributed by atoms with van der Waals surface area (Å²) in [6, 6.07) is 16.8. The summed E-state index contributed by atoms with van der Waals surface area (Å²) in [6.45, 7) is 3.88. The smallest absolute Gasteiger partial charge is 0.349 e. The van der Waals surface area contributed by atoms with Crippen molar-refractivity contribution in [3.63, 3.8) is 0 Å². The number of para-hydroxylation sites is 1. The van der Waals surface area contributed by atoms with Crippen LogP contribution in [0.5, 0.6) is 17.4 Å². The molecule has 10 nitrogen and oxygen atoms in total. The van der Waals surface area contributed by atoms with Crippen LogP contribution in [0.1, 0.15) is 21.7 Å². The number of methoxy groups -OCH3 is 1. The van der Waals surface area contributed by atoms with Crippen LogP contribution < -0.4 is 20.4 Å². The van der Waals surface area contributed by atoms with Gasteiger partial charge in [0.15, 0.2) is 17.2 Å². The van der Waals surface area contributed by atoms with E-state index in [9.17, 15) is 9.59 Å². The molecule has 5 aromatic rings. The third-order valence-corrected chi connectivity index (χ3v) is 5.65. The van der Waals surface area contributed by atoms with Crippen LogP contribution >= 0.6 is 0 Å². The summed E-state index contributed by atoms with van der Waals surface area (Å²) in [6.07, 6.45) is 1.70. The Bertz CT molecular complexity index is 1620. The fraction of sp³-hybridized carbons (Fsp3) is 0.115. The van der Waals surface area contributed by atoms with Crippen LogP contribution in [-0.2, 0) is 0 Å². The molecule has 0 saturated heterocycles. The molecule has 0 aliphatic heterocycles. The number of fused-ring (bicyclic) bond motifs is 1. The second kappa shape index (κ2) is 9.34. The van der Waals surface area contributed by atoms with Gasteiger partial charge >= 0.3 is 5.63 Å². The van der Waals surface area contributed by atoms with Gasteiger partial charge in [-0.2, -0.15) is 0 Å². The summed E-state index contributed by atoms with van der Waals surface area (Å²) >= 11 is 0. The molecular formula is C26H21N5O5. The van der Waals surface area contributed by atoms with Crippen molar-refractivity contribution >= 4 is 22.6 Å². The molecule has 0 unspecified atom stereocenters. The summed E-state index contributed by atoms with van der Waals surface area (Å²) in [5.74, 6) is 1.28. The molecule has 0 aliphatic rings. The molecule has 1 N–H and O–H groups in total. The lowest BCUT2D eigenvalue weighted by Crippen LogP contribution is -2.20. The molecule has 0 bridgehead atoms. The average molecular weight is 483 g/mol. The van der Waals surface area contributed by atoms with E-state index < -0.39 is 11.5 Å². The Morgan fingerprint density at radius 2 is 1.83 bits per heavy atom. The average Bonchev–Trinajstić information content (AvgIpc) is 3.22. The number of nitrogens with one attached hydrogen (secondary N) is 1. The van der Waals surface area contributed by atoms with E-state index in [1.54, 1.807) is 60.9 Å². The number of hydrogen-bond acceptors (Lipinski definition) is 8. The lowest BCUT2D eigenvalue weighted by molar-refractivity contribution is 0.102. The minimum Gasteiger partial charge on any atom is -0.493 e. The van der Waals surface area contributed by atoms with Crippen molar-refractivity contribution in [2.45, 2.75) is 13.8 Å². The van der Waals surface area contributed by atoms with Gasteiger partial charge in [-0.15, -0.1) is 10.2 Å². The number of aromatic nitrogens is 4. The first-order chi connectivity index (χ1) is 17.4. The van der Waals surface area contributed by atoms with E-state index in [-0.39, 0.29) is 11.1 Å². The van der Waals surface area contributed by atoms with E-state index in [1.165, 1.54) is 13.2 Å². The molecule has 180 valence electrons. The fourth-order valence-corrected chi connectivity index (χ4v) is 3.59. The van der Waals surface area contributed by atoms with Gasteiger partial charge < -0.3 is 19.2 Å². The number of carbonyl (C=O) groups excluding carboxylic acids is 1. The summed E-state index contributed by atoms with van der Waals surface area (Å²) < 4.78 is 18.1. The Kier molecular flexibility index (Phi) is 5.91. The number of ether oxygens (including phenoxy) is 2. The lowest BCUT2D eigenvalue weighted by atomic mass is 10.1. The summed E-state index contributed by atoms with van der Waals surface area (Å²) in [5.41, 5.74) is 1.80. The summed E-state index contributed by atoms with van der Waals surface area (Å²) in [5, 5.41) is 11.6. The highest BCUT2D eigenvalue weighted by Gasteiger charge is 2.16. The maximum atomic E-state index is 12.7. The van der Waals surface area contributed by atoms with Crippen molar-refractivity contribution in [3.05, 3.63) is 94.4 Å². The SMILES string of the molecule is COc1cccc2cc(C(=O)Nc3ccc(Oc4ccc(-n5cnc(C)c5C)nn4)cc3)c(=O)oc12. The predicted molar refractivity (Wildman–Crippen MR) is 132 cm³/mol. The van der Waals surface area contributed by atoms with E-state index in [0.717, 1.165) is 11.4 Å². The van der Waals surface area contributed by atoms with Crippen molar-refractivity contribution in [2.75, 3.05) is 12.4 Å². The molecule has 3 aromatic heterocycles. The van der Waals surface area contributed by atoms with E-state index in [4.69, 9.17) is 13.9 Å². The molecule has 10 heteroatoms. The van der Waals surface area contributed by atoms with Crippen molar-refractivity contribution in [3.8, 4) is 23.2 Å². The third kappa shape index (κ3) is 4.39. The number of hydrogen-bond donors (Lipinski definition) is 1. The highest BCUT2D eigenvalue weighted by atomic mass is 16.5. The standard InChI is InChI=1S/C26H21N5O5/c1-15-16(2)31(14-27-15)22-11-12-23(30-29-22)35-19-9-7-18(8-10-19)28-25(32)20-13-17-5-4-6-21(34-3)24(17)36-26(20)33/h4-14H,1-3H3,(H,28,32). The zero-order chi connectivity index (χ0) is 25.2. The number of rotatable bonds is 6. The fourth-order valence-electron chi connectivity index (χ4n) is 3.59. The van der Waals surface area contributed by atoms with Gasteiger partial charge in [0, 0.05) is 22.8 Å².